The van der Waals surface area contributed by atoms with Crippen LogP contribution in [0.25, 0.3) is 0 Å². The maximum Gasteiger partial charge on any atom is 0.211 e. The first-order valence-electron chi connectivity index (χ1n) is 4.64. The van der Waals surface area contributed by atoms with E-state index < -0.39 is 0 Å². The first kappa shape index (κ1) is 11.9. The van der Waals surface area contributed by atoms with Crippen LogP contribution in [0.5, 0.6) is 0 Å². The fraction of sp³-hybridized carbons (Fsp3) is 0.600. The third-order valence-corrected chi connectivity index (χ3v) is 1.71. The van der Waals surface area contributed by atoms with Gasteiger partial charge in [-0.15, -0.1) is 0 Å². The number of carbonyl (C=O) groups is 1. The number of carbonyl (C=O) groups excluding carboxylic acids is 1. The molecule has 0 saturated heterocycles. The van der Waals surface area contributed by atoms with Crippen LogP contribution < -0.4 is 5.32 Å². The predicted molar refractivity (Wildman–Crippen MR) is 55.8 cm³/mol. The fourth-order valence-corrected chi connectivity index (χ4v) is 0.963. The van der Waals surface area contributed by atoms with Gasteiger partial charge in [0.15, 0.2) is 0 Å². The molecule has 13 heavy (non-hydrogen) atoms. The Morgan fingerprint density at radius 2 is 2.31 bits per heavy atom. The van der Waals surface area contributed by atoms with E-state index in [2.05, 4.69) is 24.2 Å². The minimum absolute atomic E-state index is 0.327. The lowest BCUT2D eigenvalue weighted by molar-refractivity contribution is -0.108. The Balaban J connectivity index is 3.99. The van der Waals surface area contributed by atoms with E-state index in [9.17, 15) is 4.79 Å². The zero-order valence-corrected chi connectivity index (χ0v) is 8.58. The Labute approximate surface area is 79.9 Å². The van der Waals surface area contributed by atoms with Crippen molar-refractivity contribution in [3.8, 4) is 0 Å². The number of nitrogens with one attached hydrogen (secondary N) is 1. The van der Waals surface area contributed by atoms with E-state index in [0.717, 1.165) is 18.5 Å². The minimum Gasteiger partial charge on any atom is -0.328 e. The van der Waals surface area contributed by atoms with Crippen molar-refractivity contribution in [3.63, 3.8) is 0 Å². The van der Waals surface area contributed by atoms with Crippen molar-refractivity contribution in [2.75, 3.05) is 0 Å². The van der Waals surface area contributed by atoms with E-state index in [-0.39, 0.29) is 0 Å². The molecule has 3 heteroatoms. The molecule has 0 spiro atoms. The monoisotopic (exact) mass is 182 g/mol. The number of allylic oxidation sites excluding steroid dienone is 2. The number of aliphatic imine (C=N–C) groups is 1. The second-order valence-electron chi connectivity index (χ2n) is 2.92. The number of rotatable bonds is 6. The zero-order chi connectivity index (χ0) is 10.1. The molecule has 0 radical (unpaired) electrons. The summed E-state index contributed by atoms with van der Waals surface area (Å²) >= 11 is 0. The highest BCUT2D eigenvalue weighted by molar-refractivity contribution is 5.81. The van der Waals surface area contributed by atoms with Crippen LogP contribution in [0.4, 0.5) is 0 Å². The van der Waals surface area contributed by atoms with Crippen molar-refractivity contribution < 1.29 is 4.79 Å². The first-order valence-corrected chi connectivity index (χ1v) is 4.64. The van der Waals surface area contributed by atoms with Crippen LogP contribution in [-0.2, 0) is 4.79 Å². The fourth-order valence-electron chi connectivity index (χ4n) is 0.963. The molecule has 0 saturated carbocycles. The number of hydrogen-bond donors (Lipinski definition) is 1. The third-order valence-electron chi connectivity index (χ3n) is 1.71. The van der Waals surface area contributed by atoms with E-state index in [4.69, 9.17) is 0 Å². The highest BCUT2D eigenvalue weighted by Gasteiger charge is 1.95. The van der Waals surface area contributed by atoms with Gasteiger partial charge in [-0.25, -0.2) is 0 Å². The molecule has 0 aromatic rings. The normalized spacial score (nSPS) is 14.5. The first-order chi connectivity index (χ1) is 6.24. The second-order valence-corrected chi connectivity index (χ2v) is 2.92. The lowest BCUT2D eigenvalue weighted by Crippen LogP contribution is -2.12. The van der Waals surface area contributed by atoms with Gasteiger partial charge in [0.2, 0.25) is 6.41 Å². The van der Waals surface area contributed by atoms with Crippen molar-refractivity contribution >= 4 is 12.6 Å². The predicted octanol–water partition coefficient (Wildman–Crippen LogP) is 1.90. The number of amides is 1. The summed E-state index contributed by atoms with van der Waals surface area (Å²) < 4.78 is 0. The van der Waals surface area contributed by atoms with Gasteiger partial charge in [-0.2, -0.15) is 0 Å². The van der Waals surface area contributed by atoms with Gasteiger partial charge in [0.05, 0.1) is 5.70 Å². The third kappa shape index (κ3) is 6.08. The molecule has 1 unspecified atom stereocenters. The summed E-state index contributed by atoms with van der Waals surface area (Å²) in [5.74, 6) is 0. The Bertz CT molecular complexity index is 197. The molecule has 0 aliphatic heterocycles. The zero-order valence-electron chi connectivity index (χ0n) is 8.58. The van der Waals surface area contributed by atoms with E-state index in [1.807, 2.05) is 13.0 Å². The number of hydrogen-bond acceptors (Lipinski definition) is 2. The molecule has 3 nitrogen and oxygen atoms in total. The lowest BCUT2D eigenvalue weighted by Gasteiger charge is -2.03. The molecule has 0 aromatic heterocycles. The van der Waals surface area contributed by atoms with Crippen LogP contribution in [0.1, 0.15) is 33.6 Å². The topological polar surface area (TPSA) is 41.5 Å². The highest BCUT2D eigenvalue weighted by Crippen LogP contribution is 1.99. The summed E-state index contributed by atoms with van der Waals surface area (Å²) in [4.78, 5) is 14.4. The van der Waals surface area contributed by atoms with E-state index in [0.29, 0.717) is 12.5 Å². The molecule has 0 aliphatic rings. The van der Waals surface area contributed by atoms with Gasteiger partial charge in [0, 0.05) is 12.3 Å². The quantitative estimate of drug-likeness (QED) is 0.494. The average Bonchev–Trinajstić information content (AvgIpc) is 2.12. The van der Waals surface area contributed by atoms with Gasteiger partial charge < -0.3 is 5.32 Å². The molecule has 0 bridgehead atoms. The molecule has 1 atom stereocenters. The molecule has 74 valence electrons. The Morgan fingerprint density at radius 1 is 1.62 bits per heavy atom. The Kier molecular flexibility index (Phi) is 6.88. The van der Waals surface area contributed by atoms with Gasteiger partial charge in [0.1, 0.15) is 0 Å². The largest absolute Gasteiger partial charge is 0.328 e. The molecular formula is C10H18N2O. The maximum absolute atomic E-state index is 10.1. The van der Waals surface area contributed by atoms with Crippen LogP contribution in [0.2, 0.25) is 0 Å². The molecule has 0 heterocycles. The summed E-state index contributed by atoms with van der Waals surface area (Å²) in [6.45, 7) is 6.06. The van der Waals surface area contributed by atoms with Crippen molar-refractivity contribution in [2.24, 2.45) is 4.99 Å². The van der Waals surface area contributed by atoms with Gasteiger partial charge >= 0.3 is 0 Å². The molecule has 0 aliphatic carbocycles. The number of nitrogens with zero attached hydrogens (tertiary/aromatic N) is 1. The Morgan fingerprint density at radius 3 is 2.77 bits per heavy atom. The minimum atomic E-state index is 0.327. The SMILES string of the molecule is C/C=C(\C=NC(C)CCC)NC=O. The average molecular weight is 182 g/mol. The molecule has 1 N–H and O–H groups in total. The second kappa shape index (κ2) is 7.53. The van der Waals surface area contributed by atoms with Crippen LogP contribution in [-0.4, -0.2) is 18.7 Å². The standard InChI is InChI=1S/C10H18N2O/c1-4-6-9(3)11-7-10(5-2)12-8-13/h5,7-9H,4,6H2,1-3H3,(H,12,13)/b10-5+,11-7?. The van der Waals surface area contributed by atoms with E-state index in [1.54, 1.807) is 6.21 Å². The van der Waals surface area contributed by atoms with Crippen molar-refractivity contribution in [1.29, 1.82) is 0 Å². The smallest absolute Gasteiger partial charge is 0.211 e. The summed E-state index contributed by atoms with van der Waals surface area (Å²) in [5.41, 5.74) is 0.748. The van der Waals surface area contributed by atoms with E-state index in [1.165, 1.54) is 0 Å². The van der Waals surface area contributed by atoms with Crippen molar-refractivity contribution in [2.45, 2.75) is 39.7 Å². The molecule has 1 amide bonds. The molecule has 0 aromatic carbocycles. The summed E-state index contributed by atoms with van der Waals surface area (Å²) in [6.07, 6.45) is 6.39. The molecule has 0 fully saturated rings. The maximum atomic E-state index is 10.1. The van der Waals surface area contributed by atoms with Gasteiger partial charge in [-0.05, 0) is 20.3 Å². The highest BCUT2D eigenvalue weighted by atomic mass is 16.1. The van der Waals surface area contributed by atoms with Crippen LogP contribution in [0, 0.1) is 0 Å². The van der Waals surface area contributed by atoms with Gasteiger partial charge in [0.25, 0.3) is 0 Å². The molecular weight excluding hydrogens is 164 g/mol. The summed E-state index contributed by atoms with van der Waals surface area (Å²) in [7, 11) is 0. The van der Waals surface area contributed by atoms with Gasteiger partial charge in [-0.1, -0.05) is 19.4 Å². The Hall–Kier alpha value is -1.12. The van der Waals surface area contributed by atoms with Crippen molar-refractivity contribution in [3.05, 3.63) is 11.8 Å². The summed E-state index contributed by atoms with van der Waals surface area (Å²) in [6, 6.07) is 0.327. The van der Waals surface area contributed by atoms with Crippen LogP contribution >= 0.6 is 0 Å². The van der Waals surface area contributed by atoms with Gasteiger partial charge in [-0.3, -0.25) is 9.79 Å². The van der Waals surface area contributed by atoms with Crippen LogP contribution in [0.3, 0.4) is 0 Å². The van der Waals surface area contributed by atoms with Crippen LogP contribution in [0.15, 0.2) is 16.8 Å². The summed E-state index contributed by atoms with van der Waals surface area (Å²) in [5, 5.41) is 2.56. The molecule has 0 rings (SSSR count). The lowest BCUT2D eigenvalue weighted by atomic mass is 10.2. The van der Waals surface area contributed by atoms with Crippen molar-refractivity contribution in [1.82, 2.24) is 5.32 Å². The van der Waals surface area contributed by atoms with E-state index >= 15 is 0 Å².